The Hall–Kier alpha value is -2.86. The zero-order chi connectivity index (χ0) is 18.7. The van der Waals surface area contributed by atoms with E-state index in [1.54, 1.807) is 44.2 Å². The van der Waals surface area contributed by atoms with E-state index in [1.165, 1.54) is 12.1 Å². The summed E-state index contributed by atoms with van der Waals surface area (Å²) in [5, 5.41) is 7.14. The molecule has 0 aliphatic carbocycles. The van der Waals surface area contributed by atoms with Crippen molar-refractivity contribution in [2.75, 3.05) is 5.32 Å². The van der Waals surface area contributed by atoms with Crippen molar-refractivity contribution in [3.8, 4) is 5.75 Å². The molecule has 0 saturated carbocycles. The number of hydrogen-bond donors (Lipinski definition) is 1. The lowest BCUT2D eigenvalue weighted by atomic mass is 10.1. The van der Waals surface area contributed by atoms with Gasteiger partial charge in [-0.15, -0.1) is 0 Å². The largest absolute Gasteiger partial charge is 0.489 e. The summed E-state index contributed by atoms with van der Waals surface area (Å²) in [6, 6.07) is 11.0. The van der Waals surface area contributed by atoms with Crippen LogP contribution in [0.15, 0.2) is 47.0 Å². The van der Waals surface area contributed by atoms with Crippen LogP contribution < -0.4 is 10.1 Å². The molecule has 0 fully saturated rings. The van der Waals surface area contributed by atoms with Crippen LogP contribution in [0.2, 0.25) is 5.02 Å². The number of rotatable bonds is 5. The second-order valence-corrected chi connectivity index (χ2v) is 6.09. The lowest BCUT2D eigenvalue weighted by molar-refractivity contribution is 0.101. The number of aryl methyl sites for hydroxylation is 1. The van der Waals surface area contributed by atoms with Crippen molar-refractivity contribution < 1.29 is 18.4 Å². The average molecular weight is 375 g/mol. The van der Waals surface area contributed by atoms with Gasteiger partial charge in [-0.05, 0) is 43.7 Å². The Morgan fingerprint density at radius 1 is 1.27 bits per heavy atom. The van der Waals surface area contributed by atoms with E-state index in [1.807, 2.05) is 0 Å². The first-order chi connectivity index (χ1) is 12.5. The predicted octanol–water partition coefficient (Wildman–Crippen LogP) is 4.92. The van der Waals surface area contributed by atoms with Crippen molar-refractivity contribution in [3.05, 3.63) is 75.9 Å². The van der Waals surface area contributed by atoms with Crippen molar-refractivity contribution in [3.63, 3.8) is 0 Å². The zero-order valence-electron chi connectivity index (χ0n) is 14.2. The number of halogens is 2. The molecule has 26 heavy (non-hydrogen) atoms. The molecule has 0 unspecified atom stereocenters. The number of nitrogens with one attached hydrogen (secondary N) is 1. The molecule has 5 nitrogen and oxygen atoms in total. The molecule has 1 amide bonds. The maximum Gasteiger partial charge on any atom is 0.278 e. The van der Waals surface area contributed by atoms with Gasteiger partial charge in [0.25, 0.3) is 5.91 Å². The van der Waals surface area contributed by atoms with Crippen LogP contribution in [0.4, 0.5) is 10.1 Å². The van der Waals surface area contributed by atoms with Gasteiger partial charge in [0.2, 0.25) is 0 Å². The molecule has 3 aromatic rings. The summed E-state index contributed by atoms with van der Waals surface area (Å²) in [4.78, 5) is 12.6. The van der Waals surface area contributed by atoms with Crippen molar-refractivity contribution in [1.82, 2.24) is 5.16 Å². The van der Waals surface area contributed by atoms with Gasteiger partial charge in [0.1, 0.15) is 23.9 Å². The fourth-order valence-corrected chi connectivity index (χ4v) is 2.55. The van der Waals surface area contributed by atoms with Gasteiger partial charge >= 0.3 is 0 Å². The first-order valence-electron chi connectivity index (χ1n) is 7.85. The summed E-state index contributed by atoms with van der Waals surface area (Å²) in [7, 11) is 0. The summed E-state index contributed by atoms with van der Waals surface area (Å²) in [5.74, 6) is -0.0407. The first kappa shape index (κ1) is 17.9. The van der Waals surface area contributed by atoms with Crippen LogP contribution in [-0.4, -0.2) is 11.1 Å². The summed E-state index contributed by atoms with van der Waals surface area (Å²) >= 11 is 6.07. The third-order valence-corrected chi connectivity index (χ3v) is 4.30. The van der Waals surface area contributed by atoms with Crippen molar-refractivity contribution in [2.24, 2.45) is 0 Å². The number of nitrogens with zero attached hydrogens (tertiary/aromatic N) is 1. The number of aromatic nitrogens is 1. The summed E-state index contributed by atoms with van der Waals surface area (Å²) in [6.45, 7) is 3.51. The Morgan fingerprint density at radius 2 is 2.04 bits per heavy atom. The second-order valence-electron chi connectivity index (χ2n) is 5.68. The van der Waals surface area contributed by atoms with Gasteiger partial charge in [-0.2, -0.15) is 0 Å². The van der Waals surface area contributed by atoms with Crippen molar-refractivity contribution in [2.45, 2.75) is 20.5 Å². The van der Waals surface area contributed by atoms with Crippen LogP contribution in [0, 0.1) is 19.7 Å². The minimum atomic E-state index is -0.440. The molecule has 7 heteroatoms. The standard InChI is InChI=1S/C19H16ClFN2O3/c1-11-16(20)7-4-8-17(11)22-19(24)18-15(12(2)26-23-18)10-25-14-6-3-5-13(21)9-14/h3-9H,10H2,1-2H3,(H,22,24). The molecule has 0 spiro atoms. The Bertz CT molecular complexity index is 956. The molecule has 134 valence electrons. The number of amides is 1. The molecule has 3 rings (SSSR count). The molecule has 0 saturated heterocycles. The third-order valence-electron chi connectivity index (χ3n) is 3.89. The minimum absolute atomic E-state index is 0.0239. The van der Waals surface area contributed by atoms with Gasteiger partial charge in [-0.3, -0.25) is 4.79 Å². The Kier molecular flexibility index (Phi) is 5.23. The molecule has 0 aliphatic rings. The van der Waals surface area contributed by atoms with Crippen molar-refractivity contribution >= 4 is 23.2 Å². The van der Waals surface area contributed by atoms with E-state index < -0.39 is 11.7 Å². The smallest absolute Gasteiger partial charge is 0.278 e. The number of anilines is 1. The minimum Gasteiger partial charge on any atom is -0.489 e. The first-order valence-corrected chi connectivity index (χ1v) is 8.23. The van der Waals surface area contributed by atoms with Gasteiger partial charge in [-0.1, -0.05) is 28.9 Å². The molecular weight excluding hydrogens is 359 g/mol. The number of hydrogen-bond acceptors (Lipinski definition) is 4. The van der Waals surface area contributed by atoms with Crippen LogP contribution in [0.3, 0.4) is 0 Å². The quantitative estimate of drug-likeness (QED) is 0.688. The van der Waals surface area contributed by atoms with Gasteiger partial charge < -0.3 is 14.6 Å². The summed E-state index contributed by atoms with van der Waals surface area (Å²) in [5.41, 5.74) is 1.94. The van der Waals surface area contributed by atoms with E-state index in [4.69, 9.17) is 20.9 Å². The summed E-state index contributed by atoms with van der Waals surface area (Å²) in [6.07, 6.45) is 0. The highest BCUT2D eigenvalue weighted by molar-refractivity contribution is 6.31. The molecule has 1 aromatic heterocycles. The highest BCUT2D eigenvalue weighted by Crippen LogP contribution is 2.24. The number of benzene rings is 2. The zero-order valence-corrected chi connectivity index (χ0v) is 14.9. The summed E-state index contributed by atoms with van der Waals surface area (Å²) < 4.78 is 23.9. The SMILES string of the molecule is Cc1onc(C(=O)Nc2cccc(Cl)c2C)c1COc1cccc(F)c1. The second kappa shape index (κ2) is 7.58. The van der Waals surface area contributed by atoms with E-state index in [2.05, 4.69) is 10.5 Å². The van der Waals surface area contributed by atoms with Crippen LogP contribution in [0.1, 0.15) is 27.4 Å². The van der Waals surface area contributed by atoms with Crippen molar-refractivity contribution in [1.29, 1.82) is 0 Å². The van der Waals surface area contributed by atoms with Crippen LogP contribution in [0.5, 0.6) is 5.75 Å². The number of carbonyl (C=O) groups is 1. The van der Waals surface area contributed by atoms with E-state index in [-0.39, 0.29) is 12.3 Å². The highest BCUT2D eigenvalue weighted by Gasteiger charge is 2.21. The maximum atomic E-state index is 13.2. The molecule has 1 heterocycles. The fourth-order valence-electron chi connectivity index (χ4n) is 2.38. The maximum absolute atomic E-state index is 13.2. The molecular formula is C19H16ClFN2O3. The third kappa shape index (κ3) is 3.86. The monoisotopic (exact) mass is 374 g/mol. The topological polar surface area (TPSA) is 64.4 Å². The Balaban J connectivity index is 1.78. The van der Waals surface area contributed by atoms with Gasteiger partial charge in [0, 0.05) is 16.8 Å². The normalized spacial score (nSPS) is 10.6. The molecule has 1 N–H and O–H groups in total. The van der Waals surface area contributed by atoms with Crippen LogP contribution in [0.25, 0.3) is 0 Å². The number of ether oxygens (including phenoxy) is 1. The highest BCUT2D eigenvalue weighted by atomic mass is 35.5. The molecule has 0 atom stereocenters. The van der Waals surface area contributed by atoms with E-state index >= 15 is 0 Å². The van der Waals surface area contributed by atoms with Gasteiger partial charge in [0.05, 0.1) is 5.56 Å². The van der Waals surface area contributed by atoms with Gasteiger partial charge in [-0.25, -0.2) is 4.39 Å². The Labute approximate surface area is 154 Å². The Morgan fingerprint density at radius 3 is 2.81 bits per heavy atom. The number of carbonyl (C=O) groups excluding carboxylic acids is 1. The lowest BCUT2D eigenvalue weighted by Gasteiger charge is -2.10. The van der Waals surface area contributed by atoms with Crippen LogP contribution >= 0.6 is 11.6 Å². The molecule has 2 aromatic carbocycles. The molecule has 0 bridgehead atoms. The van der Waals surface area contributed by atoms with E-state index in [0.717, 1.165) is 5.56 Å². The average Bonchev–Trinajstić information content (AvgIpc) is 2.98. The van der Waals surface area contributed by atoms with E-state index in [9.17, 15) is 9.18 Å². The molecule has 0 radical (unpaired) electrons. The lowest BCUT2D eigenvalue weighted by Crippen LogP contribution is -2.16. The molecule has 0 aliphatic heterocycles. The van der Waals surface area contributed by atoms with Crippen LogP contribution in [-0.2, 0) is 6.61 Å². The predicted molar refractivity (Wildman–Crippen MR) is 96.1 cm³/mol. The van der Waals surface area contributed by atoms with E-state index in [0.29, 0.717) is 27.8 Å². The van der Waals surface area contributed by atoms with Gasteiger partial charge in [0.15, 0.2) is 5.69 Å². The fraction of sp³-hybridized carbons (Fsp3) is 0.158.